The molecule has 24 heavy (non-hydrogen) atoms. The molecule has 3 rings (SSSR count). The Balaban J connectivity index is 1.78. The number of likely N-dealkylation sites (tertiary alicyclic amines) is 1. The third-order valence-electron chi connectivity index (χ3n) is 4.32. The van der Waals surface area contributed by atoms with Crippen LogP contribution >= 0.6 is 0 Å². The highest BCUT2D eigenvalue weighted by atomic mass is 19.1. The highest BCUT2D eigenvalue weighted by molar-refractivity contribution is 6.01. The quantitative estimate of drug-likeness (QED) is 0.940. The Bertz CT molecular complexity index is 775. The van der Waals surface area contributed by atoms with Crippen molar-refractivity contribution in [2.24, 2.45) is 0 Å². The molecule has 1 heterocycles. The van der Waals surface area contributed by atoms with Gasteiger partial charge in [0, 0.05) is 12.2 Å². The van der Waals surface area contributed by atoms with Crippen molar-refractivity contribution in [1.29, 1.82) is 0 Å². The molecule has 2 amide bonds. The normalized spacial score (nSPS) is 16.9. The maximum atomic E-state index is 13.9. The summed E-state index contributed by atoms with van der Waals surface area (Å²) in [5, 5.41) is 2.88. The molecule has 0 aliphatic carbocycles. The topological polar surface area (TPSA) is 49.4 Å². The zero-order chi connectivity index (χ0) is 17.1. The summed E-state index contributed by atoms with van der Waals surface area (Å²) in [5.41, 5.74) is 1.69. The highest BCUT2D eigenvalue weighted by Gasteiger charge is 2.35. The molecule has 0 aromatic heterocycles. The first-order valence-electron chi connectivity index (χ1n) is 8.00. The van der Waals surface area contributed by atoms with Gasteiger partial charge in [-0.05, 0) is 43.5 Å². The molecule has 1 fully saturated rings. The van der Waals surface area contributed by atoms with Gasteiger partial charge >= 0.3 is 0 Å². The number of nitrogens with one attached hydrogen (secondary N) is 1. The maximum absolute atomic E-state index is 13.9. The Hall–Kier alpha value is -2.69. The van der Waals surface area contributed by atoms with E-state index < -0.39 is 17.8 Å². The van der Waals surface area contributed by atoms with Gasteiger partial charge in [0.05, 0.1) is 5.56 Å². The van der Waals surface area contributed by atoms with Crippen LogP contribution in [0.4, 0.5) is 10.1 Å². The van der Waals surface area contributed by atoms with Crippen LogP contribution in [0.3, 0.4) is 0 Å². The Labute approximate surface area is 140 Å². The standard InChI is InChI=1S/C19H19FN2O2/c1-13-7-2-5-10-16(13)21-18(23)17-11-6-12-22(17)19(24)14-8-3-4-9-15(14)20/h2-5,7-10,17H,6,11-12H2,1H3,(H,21,23)/t17-/m1/s1. The Kier molecular flexibility index (Phi) is 4.60. The monoisotopic (exact) mass is 326 g/mol. The van der Waals surface area contributed by atoms with Crippen molar-refractivity contribution in [1.82, 2.24) is 4.90 Å². The summed E-state index contributed by atoms with van der Waals surface area (Å²) in [6.07, 6.45) is 1.31. The van der Waals surface area contributed by atoms with Crippen LogP contribution in [0.15, 0.2) is 48.5 Å². The lowest BCUT2D eigenvalue weighted by Gasteiger charge is -2.24. The minimum Gasteiger partial charge on any atom is -0.327 e. The first-order chi connectivity index (χ1) is 11.6. The predicted octanol–water partition coefficient (Wildman–Crippen LogP) is 3.38. The molecule has 5 heteroatoms. The molecule has 1 N–H and O–H groups in total. The largest absolute Gasteiger partial charge is 0.327 e. The summed E-state index contributed by atoms with van der Waals surface area (Å²) in [4.78, 5) is 26.7. The Morgan fingerprint density at radius 3 is 2.58 bits per heavy atom. The SMILES string of the molecule is Cc1ccccc1NC(=O)[C@H]1CCCN1C(=O)c1ccccc1F. The maximum Gasteiger partial charge on any atom is 0.257 e. The minimum absolute atomic E-state index is 0.00749. The van der Waals surface area contributed by atoms with E-state index in [1.54, 1.807) is 12.1 Å². The molecular formula is C19H19FN2O2. The van der Waals surface area contributed by atoms with E-state index in [1.807, 2.05) is 31.2 Å². The smallest absolute Gasteiger partial charge is 0.257 e. The second-order valence-electron chi connectivity index (χ2n) is 5.94. The van der Waals surface area contributed by atoms with Crippen LogP contribution in [0.25, 0.3) is 0 Å². The number of benzene rings is 2. The number of carbonyl (C=O) groups excluding carboxylic acids is 2. The number of rotatable bonds is 3. The summed E-state index contributed by atoms with van der Waals surface area (Å²) in [5.74, 6) is -1.23. The number of anilines is 1. The fourth-order valence-corrected chi connectivity index (χ4v) is 3.00. The molecule has 0 radical (unpaired) electrons. The van der Waals surface area contributed by atoms with E-state index in [9.17, 15) is 14.0 Å². The van der Waals surface area contributed by atoms with Crippen molar-refractivity contribution in [3.63, 3.8) is 0 Å². The lowest BCUT2D eigenvalue weighted by molar-refractivity contribution is -0.119. The van der Waals surface area contributed by atoms with Crippen molar-refractivity contribution >= 4 is 17.5 Å². The second-order valence-corrected chi connectivity index (χ2v) is 5.94. The van der Waals surface area contributed by atoms with Crippen LogP contribution in [-0.2, 0) is 4.79 Å². The van der Waals surface area contributed by atoms with Crippen LogP contribution in [0, 0.1) is 12.7 Å². The second kappa shape index (κ2) is 6.83. The third kappa shape index (κ3) is 3.15. The fraction of sp³-hybridized carbons (Fsp3) is 0.263. The van der Waals surface area contributed by atoms with Crippen LogP contribution in [0.5, 0.6) is 0 Å². The zero-order valence-electron chi connectivity index (χ0n) is 13.5. The first-order valence-corrected chi connectivity index (χ1v) is 8.00. The average molecular weight is 326 g/mol. The van der Waals surface area contributed by atoms with E-state index >= 15 is 0 Å². The molecule has 0 bridgehead atoms. The number of halogens is 1. The van der Waals surface area contributed by atoms with Crippen LogP contribution in [0.2, 0.25) is 0 Å². The Morgan fingerprint density at radius 2 is 1.83 bits per heavy atom. The van der Waals surface area contributed by atoms with Gasteiger partial charge in [0.2, 0.25) is 5.91 Å². The molecule has 124 valence electrons. The molecule has 1 atom stereocenters. The van der Waals surface area contributed by atoms with Crippen molar-refractivity contribution in [3.05, 3.63) is 65.5 Å². The van der Waals surface area contributed by atoms with E-state index in [2.05, 4.69) is 5.32 Å². The van der Waals surface area contributed by atoms with Gasteiger partial charge in [0.15, 0.2) is 0 Å². The van der Waals surface area contributed by atoms with Crippen LogP contribution in [0.1, 0.15) is 28.8 Å². The number of amides is 2. The van der Waals surface area contributed by atoms with Gasteiger partial charge in [-0.25, -0.2) is 4.39 Å². The molecule has 0 spiro atoms. The van der Waals surface area contributed by atoms with Crippen LogP contribution < -0.4 is 5.32 Å². The van der Waals surface area contributed by atoms with Gasteiger partial charge in [-0.2, -0.15) is 0 Å². The van der Waals surface area contributed by atoms with E-state index in [4.69, 9.17) is 0 Å². The minimum atomic E-state index is -0.572. The van der Waals surface area contributed by atoms with Gasteiger partial charge in [-0.15, -0.1) is 0 Å². The predicted molar refractivity (Wildman–Crippen MR) is 90.3 cm³/mol. The van der Waals surface area contributed by atoms with Crippen molar-refractivity contribution < 1.29 is 14.0 Å². The Morgan fingerprint density at radius 1 is 1.12 bits per heavy atom. The van der Waals surface area contributed by atoms with Crippen molar-refractivity contribution in [3.8, 4) is 0 Å². The molecular weight excluding hydrogens is 307 g/mol. The molecule has 4 nitrogen and oxygen atoms in total. The number of nitrogens with zero attached hydrogens (tertiary/aromatic N) is 1. The van der Waals surface area contributed by atoms with E-state index in [0.717, 1.165) is 17.7 Å². The molecule has 1 saturated heterocycles. The fourth-order valence-electron chi connectivity index (χ4n) is 3.00. The van der Waals surface area contributed by atoms with Crippen molar-refractivity contribution in [2.75, 3.05) is 11.9 Å². The van der Waals surface area contributed by atoms with Gasteiger partial charge in [-0.3, -0.25) is 9.59 Å². The molecule has 0 saturated carbocycles. The molecule has 2 aromatic carbocycles. The van der Waals surface area contributed by atoms with E-state index in [1.165, 1.54) is 17.0 Å². The van der Waals surface area contributed by atoms with Gasteiger partial charge in [-0.1, -0.05) is 30.3 Å². The molecule has 0 unspecified atom stereocenters. The molecule has 1 aliphatic heterocycles. The van der Waals surface area contributed by atoms with Gasteiger partial charge in [0.25, 0.3) is 5.91 Å². The summed E-state index contributed by atoms with van der Waals surface area (Å²) >= 11 is 0. The third-order valence-corrected chi connectivity index (χ3v) is 4.32. The summed E-state index contributed by atoms with van der Waals surface area (Å²) in [6.45, 7) is 2.37. The lowest BCUT2D eigenvalue weighted by Crippen LogP contribution is -2.43. The van der Waals surface area contributed by atoms with Crippen LogP contribution in [-0.4, -0.2) is 29.3 Å². The molecule has 2 aromatic rings. The van der Waals surface area contributed by atoms with E-state index in [0.29, 0.717) is 13.0 Å². The summed E-state index contributed by atoms with van der Waals surface area (Å²) in [7, 11) is 0. The summed E-state index contributed by atoms with van der Waals surface area (Å²) < 4.78 is 13.9. The first kappa shape index (κ1) is 16.2. The lowest BCUT2D eigenvalue weighted by atomic mass is 10.1. The number of aryl methyl sites for hydroxylation is 1. The van der Waals surface area contributed by atoms with E-state index in [-0.39, 0.29) is 11.5 Å². The number of hydrogen-bond donors (Lipinski definition) is 1. The zero-order valence-corrected chi connectivity index (χ0v) is 13.5. The number of carbonyl (C=O) groups is 2. The van der Waals surface area contributed by atoms with Gasteiger partial charge < -0.3 is 10.2 Å². The molecule has 1 aliphatic rings. The number of hydrogen-bond acceptors (Lipinski definition) is 2. The van der Waals surface area contributed by atoms with Gasteiger partial charge in [0.1, 0.15) is 11.9 Å². The summed E-state index contributed by atoms with van der Waals surface area (Å²) in [6, 6.07) is 12.8. The number of para-hydroxylation sites is 1. The average Bonchev–Trinajstić information content (AvgIpc) is 3.06. The highest BCUT2D eigenvalue weighted by Crippen LogP contribution is 2.23. The van der Waals surface area contributed by atoms with Crippen molar-refractivity contribution in [2.45, 2.75) is 25.8 Å².